The Kier molecular flexibility index (Phi) is 5.96. The van der Waals surface area contributed by atoms with Crippen LogP contribution in [0, 0.1) is 13.8 Å². The van der Waals surface area contributed by atoms with E-state index in [0.717, 1.165) is 35.6 Å². The zero-order valence-electron chi connectivity index (χ0n) is 15.8. The van der Waals surface area contributed by atoms with Crippen molar-refractivity contribution < 1.29 is 4.79 Å². The first-order chi connectivity index (χ1) is 13.0. The fourth-order valence-electron chi connectivity index (χ4n) is 3.17. The number of Topliss-reactive ketones (excluding diaryl/α,β-unsaturated/α-hetero) is 1. The lowest BCUT2D eigenvalue weighted by Crippen LogP contribution is -2.11. The summed E-state index contributed by atoms with van der Waals surface area (Å²) in [4.78, 5) is 31.7. The van der Waals surface area contributed by atoms with Gasteiger partial charge in [0.15, 0.2) is 10.9 Å². The summed E-state index contributed by atoms with van der Waals surface area (Å²) in [6, 6.07) is 13.4. The minimum absolute atomic E-state index is 0.0267. The molecule has 2 aromatic heterocycles. The molecule has 3 rings (SSSR count). The van der Waals surface area contributed by atoms with Gasteiger partial charge in [-0.1, -0.05) is 43.3 Å². The summed E-state index contributed by atoms with van der Waals surface area (Å²) in [6.07, 6.45) is 1.68. The van der Waals surface area contributed by atoms with Crippen molar-refractivity contribution in [1.29, 1.82) is 0 Å². The molecule has 0 atom stereocenters. The van der Waals surface area contributed by atoms with Crippen molar-refractivity contribution in [2.24, 2.45) is 0 Å². The molecule has 0 bridgehead atoms. The normalized spacial score (nSPS) is 10.9. The van der Waals surface area contributed by atoms with Crippen molar-refractivity contribution in [1.82, 2.24) is 14.5 Å². The molecule has 1 aromatic carbocycles. The van der Waals surface area contributed by atoms with E-state index in [0.29, 0.717) is 10.7 Å². The molecule has 0 aliphatic heterocycles. The molecule has 0 saturated heterocycles. The summed E-state index contributed by atoms with van der Waals surface area (Å²) in [5, 5.41) is 0.496. The third kappa shape index (κ3) is 4.39. The fraction of sp³-hybridized carbons (Fsp3) is 0.286. The van der Waals surface area contributed by atoms with Crippen LogP contribution in [0.5, 0.6) is 0 Å². The van der Waals surface area contributed by atoms with Crippen LogP contribution in [0.15, 0.2) is 52.4 Å². The van der Waals surface area contributed by atoms with Crippen LogP contribution in [0.1, 0.15) is 40.8 Å². The van der Waals surface area contributed by atoms with E-state index in [1.165, 1.54) is 17.8 Å². The molecule has 2 heterocycles. The highest BCUT2D eigenvalue weighted by Crippen LogP contribution is 2.23. The molecular formula is C21H23N3O2S. The number of aromatic nitrogens is 3. The van der Waals surface area contributed by atoms with Gasteiger partial charge in [0.2, 0.25) is 0 Å². The van der Waals surface area contributed by atoms with Gasteiger partial charge < -0.3 is 9.55 Å². The molecule has 0 spiro atoms. The molecule has 5 nitrogen and oxygen atoms in total. The number of hydrogen-bond acceptors (Lipinski definition) is 4. The number of rotatable bonds is 7. The number of nitrogens with zero attached hydrogens (tertiary/aromatic N) is 2. The summed E-state index contributed by atoms with van der Waals surface area (Å²) in [5.74, 6) is 0.260. The summed E-state index contributed by atoms with van der Waals surface area (Å²) in [5.41, 5.74) is 4.27. The molecule has 0 aliphatic rings. The average Bonchev–Trinajstić information content (AvgIpc) is 2.94. The summed E-state index contributed by atoms with van der Waals surface area (Å²) >= 11 is 1.27. The first kappa shape index (κ1) is 19.2. The zero-order valence-corrected chi connectivity index (χ0v) is 16.6. The number of thioether (sulfide) groups is 1. The van der Waals surface area contributed by atoms with E-state index in [-0.39, 0.29) is 17.1 Å². The Morgan fingerprint density at radius 3 is 2.63 bits per heavy atom. The Balaban J connectivity index is 1.79. The van der Waals surface area contributed by atoms with Gasteiger partial charge in [-0.05, 0) is 38.5 Å². The molecule has 0 aliphatic carbocycles. The first-order valence-electron chi connectivity index (χ1n) is 9.00. The van der Waals surface area contributed by atoms with E-state index in [1.54, 1.807) is 0 Å². The predicted molar refractivity (Wildman–Crippen MR) is 109 cm³/mol. The Labute approximate surface area is 162 Å². The lowest BCUT2D eigenvalue weighted by Gasteiger charge is -2.09. The second-order valence-corrected chi connectivity index (χ2v) is 7.42. The third-order valence-corrected chi connectivity index (χ3v) is 5.24. The summed E-state index contributed by atoms with van der Waals surface area (Å²) in [7, 11) is 0. The monoisotopic (exact) mass is 381 g/mol. The van der Waals surface area contributed by atoms with E-state index in [4.69, 9.17) is 0 Å². The zero-order chi connectivity index (χ0) is 19.4. The van der Waals surface area contributed by atoms with Crippen LogP contribution in [0.3, 0.4) is 0 Å². The van der Waals surface area contributed by atoms with Gasteiger partial charge in [-0.2, -0.15) is 0 Å². The van der Waals surface area contributed by atoms with Crippen molar-refractivity contribution in [3.8, 4) is 5.69 Å². The highest BCUT2D eigenvalue weighted by Gasteiger charge is 2.17. The van der Waals surface area contributed by atoms with E-state index >= 15 is 0 Å². The number of hydrogen-bond donors (Lipinski definition) is 1. The second-order valence-electron chi connectivity index (χ2n) is 6.46. The topological polar surface area (TPSA) is 67.8 Å². The number of aryl methyl sites for hydroxylation is 2. The number of benzene rings is 1. The maximum absolute atomic E-state index is 12.8. The molecule has 0 amide bonds. The van der Waals surface area contributed by atoms with Crippen LogP contribution in [0.2, 0.25) is 0 Å². The van der Waals surface area contributed by atoms with E-state index in [9.17, 15) is 9.59 Å². The molecule has 140 valence electrons. The van der Waals surface area contributed by atoms with Crippen LogP contribution in [-0.2, 0) is 6.42 Å². The minimum atomic E-state index is -0.175. The van der Waals surface area contributed by atoms with Crippen LogP contribution in [0.4, 0.5) is 0 Å². The molecule has 0 radical (unpaired) electrons. The highest BCUT2D eigenvalue weighted by atomic mass is 32.2. The smallest absolute Gasteiger partial charge is 0.251 e. The molecule has 27 heavy (non-hydrogen) atoms. The SMILES string of the molecule is CCCc1cc(=O)[nH]c(SCC(=O)c2cc(C)n(-c3ccccc3)c2C)n1. The fourth-order valence-corrected chi connectivity index (χ4v) is 3.95. The van der Waals surface area contributed by atoms with Crippen molar-refractivity contribution in [3.05, 3.63) is 75.5 Å². The molecular weight excluding hydrogens is 358 g/mol. The number of nitrogens with one attached hydrogen (secondary N) is 1. The van der Waals surface area contributed by atoms with Gasteiger partial charge in [0.25, 0.3) is 5.56 Å². The van der Waals surface area contributed by atoms with Gasteiger partial charge in [0.05, 0.1) is 5.75 Å². The largest absolute Gasteiger partial charge is 0.318 e. The lowest BCUT2D eigenvalue weighted by atomic mass is 10.2. The maximum Gasteiger partial charge on any atom is 0.251 e. The van der Waals surface area contributed by atoms with Gasteiger partial charge in [0.1, 0.15) is 0 Å². The Morgan fingerprint density at radius 1 is 1.19 bits per heavy atom. The molecule has 6 heteroatoms. The quantitative estimate of drug-likeness (QED) is 0.380. The maximum atomic E-state index is 12.8. The second kappa shape index (κ2) is 8.39. The Bertz CT molecular complexity index is 1010. The van der Waals surface area contributed by atoms with E-state index in [2.05, 4.69) is 14.5 Å². The van der Waals surface area contributed by atoms with Crippen molar-refractivity contribution in [2.75, 3.05) is 5.75 Å². The first-order valence-corrected chi connectivity index (χ1v) is 9.98. The molecule has 0 unspecified atom stereocenters. The number of ketones is 1. The number of carbonyl (C=O) groups excluding carboxylic acids is 1. The minimum Gasteiger partial charge on any atom is -0.318 e. The summed E-state index contributed by atoms with van der Waals surface area (Å²) < 4.78 is 2.08. The van der Waals surface area contributed by atoms with E-state index < -0.39 is 0 Å². The molecule has 0 fully saturated rings. The van der Waals surface area contributed by atoms with Crippen LogP contribution in [0.25, 0.3) is 5.69 Å². The van der Waals surface area contributed by atoms with Gasteiger partial charge in [-0.25, -0.2) is 4.98 Å². The third-order valence-electron chi connectivity index (χ3n) is 4.37. The highest BCUT2D eigenvalue weighted by molar-refractivity contribution is 7.99. The Hall–Kier alpha value is -2.60. The van der Waals surface area contributed by atoms with Crippen molar-refractivity contribution in [2.45, 2.75) is 38.8 Å². The molecule has 3 aromatic rings. The number of carbonyl (C=O) groups is 1. The summed E-state index contributed by atoms with van der Waals surface area (Å²) in [6.45, 7) is 6.00. The van der Waals surface area contributed by atoms with E-state index in [1.807, 2.05) is 57.2 Å². The molecule has 1 N–H and O–H groups in total. The van der Waals surface area contributed by atoms with Gasteiger partial charge in [0, 0.05) is 34.4 Å². The average molecular weight is 382 g/mol. The van der Waals surface area contributed by atoms with Crippen LogP contribution >= 0.6 is 11.8 Å². The van der Waals surface area contributed by atoms with Gasteiger partial charge in [-0.3, -0.25) is 9.59 Å². The Morgan fingerprint density at radius 2 is 1.93 bits per heavy atom. The molecule has 0 saturated carbocycles. The van der Waals surface area contributed by atoms with Crippen LogP contribution < -0.4 is 5.56 Å². The predicted octanol–water partition coefficient (Wildman–Crippen LogP) is 4.10. The van der Waals surface area contributed by atoms with Crippen LogP contribution in [-0.4, -0.2) is 26.1 Å². The van der Waals surface area contributed by atoms with Gasteiger partial charge in [-0.15, -0.1) is 0 Å². The van der Waals surface area contributed by atoms with Crippen molar-refractivity contribution in [3.63, 3.8) is 0 Å². The number of aromatic amines is 1. The number of para-hydroxylation sites is 1. The lowest BCUT2D eigenvalue weighted by molar-refractivity contribution is 0.102. The number of H-pyrrole nitrogens is 1. The standard InChI is InChI=1S/C21H23N3O2S/c1-4-8-16-12-20(26)23-21(22-16)27-13-19(25)18-11-14(2)24(15(18)3)17-9-6-5-7-10-17/h5-7,9-12H,4,8,13H2,1-3H3,(H,22,23,26). The van der Waals surface area contributed by atoms with Crippen molar-refractivity contribution >= 4 is 17.5 Å². The van der Waals surface area contributed by atoms with Gasteiger partial charge >= 0.3 is 0 Å².